The van der Waals surface area contributed by atoms with Crippen LogP contribution in [0.15, 0.2) is 89.1 Å². The summed E-state index contributed by atoms with van der Waals surface area (Å²) in [6.45, 7) is 0. The lowest BCUT2D eigenvalue weighted by molar-refractivity contribution is 0.976. The molecule has 0 unspecified atom stereocenters. The summed E-state index contributed by atoms with van der Waals surface area (Å²) in [7, 11) is 2.06. The molecule has 4 rings (SSSR count). The molecule has 4 heteroatoms. The Morgan fingerprint density at radius 1 is 0.760 bits per heavy atom. The summed E-state index contributed by atoms with van der Waals surface area (Å²) in [6.07, 6.45) is 0. The third-order valence-corrected chi connectivity index (χ3v) is 4.47. The molecule has 0 spiro atoms. The summed E-state index contributed by atoms with van der Waals surface area (Å²) < 4.78 is 2.17. The Bertz CT molecular complexity index is 1050. The van der Waals surface area contributed by atoms with Gasteiger partial charge in [-0.3, -0.25) is 0 Å². The molecule has 1 aromatic heterocycles. The van der Waals surface area contributed by atoms with Crippen molar-refractivity contribution in [2.24, 2.45) is 17.3 Å². The van der Waals surface area contributed by atoms with Crippen molar-refractivity contribution in [1.29, 1.82) is 0 Å². The van der Waals surface area contributed by atoms with Crippen molar-refractivity contribution in [3.05, 3.63) is 83.9 Å². The molecule has 25 heavy (non-hydrogen) atoms. The summed E-state index contributed by atoms with van der Waals surface area (Å²) in [4.78, 5) is 0. The summed E-state index contributed by atoms with van der Waals surface area (Å²) in [5.74, 6) is 0. The van der Waals surface area contributed by atoms with Crippen molar-refractivity contribution in [1.82, 2.24) is 4.57 Å². The van der Waals surface area contributed by atoms with Crippen molar-refractivity contribution >= 4 is 33.9 Å². The van der Waals surface area contributed by atoms with Crippen LogP contribution in [0.2, 0.25) is 5.02 Å². The Balaban J connectivity index is 1.91. The SMILES string of the molecule is Cn1c(-c2ccccc2)c(N=Nc2ccc(Cl)cc2)c2ccccc21. The van der Waals surface area contributed by atoms with Crippen molar-refractivity contribution in [3.8, 4) is 11.3 Å². The first-order chi connectivity index (χ1) is 12.2. The minimum absolute atomic E-state index is 0.689. The van der Waals surface area contributed by atoms with Crippen LogP contribution in [-0.2, 0) is 7.05 Å². The minimum Gasteiger partial charge on any atom is -0.342 e. The smallest absolute Gasteiger partial charge is 0.119 e. The zero-order chi connectivity index (χ0) is 17.2. The largest absolute Gasteiger partial charge is 0.342 e. The highest BCUT2D eigenvalue weighted by molar-refractivity contribution is 6.30. The van der Waals surface area contributed by atoms with Crippen LogP contribution in [0.25, 0.3) is 22.2 Å². The van der Waals surface area contributed by atoms with E-state index in [1.54, 1.807) is 0 Å². The number of halogens is 1. The maximum Gasteiger partial charge on any atom is 0.119 e. The number of hydrogen-bond acceptors (Lipinski definition) is 2. The molecule has 0 amide bonds. The lowest BCUT2D eigenvalue weighted by atomic mass is 10.1. The fourth-order valence-corrected chi connectivity index (χ4v) is 3.14. The predicted octanol–water partition coefficient (Wildman–Crippen LogP) is 6.91. The average Bonchev–Trinajstić information content (AvgIpc) is 2.94. The first-order valence-electron chi connectivity index (χ1n) is 8.04. The number of nitrogens with zero attached hydrogens (tertiary/aromatic N) is 3. The number of aryl methyl sites for hydroxylation is 1. The number of fused-ring (bicyclic) bond motifs is 1. The molecule has 0 atom stereocenters. The molecular formula is C21H16ClN3. The molecule has 0 saturated heterocycles. The number of para-hydroxylation sites is 1. The summed E-state index contributed by atoms with van der Waals surface area (Å²) in [5, 5.41) is 10.8. The number of aromatic nitrogens is 1. The van der Waals surface area contributed by atoms with E-state index in [0.717, 1.165) is 33.5 Å². The number of azo groups is 1. The van der Waals surface area contributed by atoms with Gasteiger partial charge in [0, 0.05) is 23.0 Å². The molecule has 0 aliphatic heterocycles. The second-order valence-electron chi connectivity index (χ2n) is 5.82. The average molecular weight is 346 g/mol. The molecule has 0 saturated carbocycles. The van der Waals surface area contributed by atoms with E-state index in [-0.39, 0.29) is 0 Å². The fraction of sp³-hybridized carbons (Fsp3) is 0.0476. The van der Waals surface area contributed by atoms with Crippen LogP contribution in [0.3, 0.4) is 0 Å². The first-order valence-corrected chi connectivity index (χ1v) is 8.42. The number of rotatable bonds is 3. The molecule has 1 heterocycles. The van der Waals surface area contributed by atoms with E-state index < -0.39 is 0 Å². The molecular weight excluding hydrogens is 330 g/mol. The molecule has 0 bridgehead atoms. The maximum atomic E-state index is 5.94. The van der Waals surface area contributed by atoms with Gasteiger partial charge in [-0.25, -0.2) is 0 Å². The molecule has 0 fully saturated rings. The van der Waals surface area contributed by atoms with E-state index in [1.807, 2.05) is 54.6 Å². The van der Waals surface area contributed by atoms with Crippen molar-refractivity contribution < 1.29 is 0 Å². The monoisotopic (exact) mass is 345 g/mol. The van der Waals surface area contributed by atoms with E-state index in [0.29, 0.717) is 5.02 Å². The van der Waals surface area contributed by atoms with Crippen LogP contribution in [0.1, 0.15) is 0 Å². The topological polar surface area (TPSA) is 29.6 Å². The molecule has 0 aliphatic rings. The molecule has 3 aromatic carbocycles. The summed E-state index contributed by atoms with van der Waals surface area (Å²) >= 11 is 5.94. The van der Waals surface area contributed by atoms with Gasteiger partial charge in [0.15, 0.2) is 0 Å². The molecule has 0 radical (unpaired) electrons. The Kier molecular flexibility index (Phi) is 4.08. The van der Waals surface area contributed by atoms with Crippen LogP contribution in [0.5, 0.6) is 0 Å². The second-order valence-corrected chi connectivity index (χ2v) is 6.25. The lowest BCUT2D eigenvalue weighted by Gasteiger charge is -2.05. The van der Waals surface area contributed by atoms with Gasteiger partial charge in [0.25, 0.3) is 0 Å². The highest BCUT2D eigenvalue weighted by Crippen LogP contribution is 2.40. The van der Waals surface area contributed by atoms with Crippen molar-refractivity contribution in [2.45, 2.75) is 0 Å². The van der Waals surface area contributed by atoms with Gasteiger partial charge in [0.05, 0.1) is 16.9 Å². The van der Waals surface area contributed by atoms with Crippen molar-refractivity contribution in [2.75, 3.05) is 0 Å². The van der Waals surface area contributed by atoms with E-state index in [1.165, 1.54) is 0 Å². The zero-order valence-electron chi connectivity index (χ0n) is 13.7. The van der Waals surface area contributed by atoms with Gasteiger partial charge in [0.1, 0.15) is 5.69 Å². The zero-order valence-corrected chi connectivity index (χ0v) is 14.5. The van der Waals surface area contributed by atoms with Crippen LogP contribution in [0.4, 0.5) is 11.4 Å². The number of hydrogen-bond donors (Lipinski definition) is 0. The Hall–Kier alpha value is -2.91. The Morgan fingerprint density at radius 2 is 1.44 bits per heavy atom. The standard InChI is InChI=1S/C21H16ClN3/c1-25-19-10-6-5-9-18(19)20(21(25)15-7-3-2-4-8-15)24-23-17-13-11-16(22)12-14-17/h2-14H,1H3. The minimum atomic E-state index is 0.689. The Morgan fingerprint density at radius 3 is 2.20 bits per heavy atom. The third-order valence-electron chi connectivity index (χ3n) is 4.22. The highest BCUT2D eigenvalue weighted by atomic mass is 35.5. The van der Waals surface area contributed by atoms with Gasteiger partial charge < -0.3 is 4.57 Å². The van der Waals surface area contributed by atoms with Crippen LogP contribution in [-0.4, -0.2) is 4.57 Å². The van der Waals surface area contributed by atoms with Crippen LogP contribution >= 0.6 is 11.6 Å². The van der Waals surface area contributed by atoms with Crippen LogP contribution in [0, 0.1) is 0 Å². The summed E-state index contributed by atoms with van der Waals surface area (Å²) in [5.41, 5.74) is 4.95. The van der Waals surface area contributed by atoms with Crippen molar-refractivity contribution in [3.63, 3.8) is 0 Å². The normalized spacial score (nSPS) is 11.4. The molecule has 4 aromatic rings. The lowest BCUT2D eigenvalue weighted by Crippen LogP contribution is -1.90. The second kappa shape index (κ2) is 6.54. The molecule has 0 aliphatic carbocycles. The molecule has 0 N–H and O–H groups in total. The van der Waals surface area contributed by atoms with E-state index in [2.05, 4.69) is 46.1 Å². The number of benzene rings is 3. The molecule has 3 nitrogen and oxygen atoms in total. The Labute approximate surface area is 151 Å². The summed E-state index contributed by atoms with van der Waals surface area (Å²) in [6, 6.07) is 25.9. The maximum absolute atomic E-state index is 5.94. The van der Waals surface area contributed by atoms with Gasteiger partial charge >= 0.3 is 0 Å². The first kappa shape index (κ1) is 15.6. The van der Waals surface area contributed by atoms with Gasteiger partial charge in [-0.05, 0) is 30.3 Å². The quantitative estimate of drug-likeness (QED) is 0.361. The van der Waals surface area contributed by atoms with Gasteiger partial charge in [-0.2, -0.15) is 5.11 Å². The van der Waals surface area contributed by atoms with E-state index in [4.69, 9.17) is 11.6 Å². The highest BCUT2D eigenvalue weighted by Gasteiger charge is 2.16. The predicted molar refractivity (Wildman–Crippen MR) is 104 cm³/mol. The van der Waals surface area contributed by atoms with Gasteiger partial charge in [-0.15, -0.1) is 5.11 Å². The third kappa shape index (κ3) is 2.94. The van der Waals surface area contributed by atoms with Gasteiger partial charge in [0.2, 0.25) is 0 Å². The van der Waals surface area contributed by atoms with Crippen LogP contribution < -0.4 is 0 Å². The van der Waals surface area contributed by atoms with E-state index >= 15 is 0 Å². The van der Waals surface area contributed by atoms with Gasteiger partial charge in [-0.1, -0.05) is 60.1 Å². The molecule has 122 valence electrons. The fourth-order valence-electron chi connectivity index (χ4n) is 3.02. The van der Waals surface area contributed by atoms with E-state index in [9.17, 15) is 0 Å².